The Morgan fingerprint density at radius 1 is 1.21 bits per heavy atom. The number of nitrogens with two attached hydrogens (primary N) is 1. The molecule has 2 amide bonds. The summed E-state index contributed by atoms with van der Waals surface area (Å²) in [6, 6.07) is 4.14. The molecule has 0 aliphatic carbocycles. The number of amides is 2. The van der Waals surface area contributed by atoms with E-state index in [0.29, 0.717) is 17.4 Å². The summed E-state index contributed by atoms with van der Waals surface area (Å²) < 4.78 is 4.85. The number of likely N-dealkylation sites (tertiary alicyclic amines) is 2. The SMILES string of the molecule is CCC(COC(N)=O)Nc1ccc(C(=O)N2CCC(N3CCCCC3)CC2)cn1. The van der Waals surface area contributed by atoms with E-state index in [0.717, 1.165) is 32.4 Å². The van der Waals surface area contributed by atoms with Crippen molar-refractivity contribution in [3.05, 3.63) is 23.9 Å². The molecule has 1 unspecified atom stereocenters. The van der Waals surface area contributed by atoms with Crippen LogP contribution < -0.4 is 11.1 Å². The van der Waals surface area contributed by atoms with Gasteiger partial charge in [0.1, 0.15) is 12.4 Å². The van der Waals surface area contributed by atoms with E-state index in [2.05, 4.69) is 15.2 Å². The maximum Gasteiger partial charge on any atom is 0.404 e. The van der Waals surface area contributed by atoms with Crippen LogP contribution in [0.1, 0.15) is 55.8 Å². The number of piperidine rings is 2. The van der Waals surface area contributed by atoms with Crippen molar-refractivity contribution in [1.29, 1.82) is 0 Å². The van der Waals surface area contributed by atoms with E-state index in [1.54, 1.807) is 18.3 Å². The molecule has 0 radical (unpaired) electrons. The average Bonchev–Trinajstić information content (AvgIpc) is 2.77. The van der Waals surface area contributed by atoms with Crippen LogP contribution in [0.15, 0.2) is 18.3 Å². The van der Waals surface area contributed by atoms with Gasteiger partial charge in [-0.15, -0.1) is 0 Å². The van der Waals surface area contributed by atoms with Gasteiger partial charge in [-0.2, -0.15) is 0 Å². The van der Waals surface area contributed by atoms with E-state index in [9.17, 15) is 9.59 Å². The topological polar surface area (TPSA) is 101 Å². The predicted molar refractivity (Wildman–Crippen MR) is 112 cm³/mol. The zero-order chi connectivity index (χ0) is 20.6. The molecule has 0 spiro atoms. The monoisotopic (exact) mass is 403 g/mol. The number of carbonyl (C=O) groups is 2. The van der Waals surface area contributed by atoms with Crippen molar-refractivity contribution < 1.29 is 14.3 Å². The lowest BCUT2D eigenvalue weighted by Crippen LogP contribution is -2.48. The lowest BCUT2D eigenvalue weighted by molar-refractivity contribution is 0.0589. The third kappa shape index (κ3) is 6.06. The summed E-state index contributed by atoms with van der Waals surface area (Å²) in [5.41, 5.74) is 5.62. The first kappa shape index (κ1) is 21.4. The number of nitrogens with one attached hydrogen (secondary N) is 1. The number of rotatable bonds is 7. The van der Waals surface area contributed by atoms with Crippen molar-refractivity contribution in [2.45, 2.75) is 57.5 Å². The second-order valence-corrected chi connectivity index (χ2v) is 7.93. The highest BCUT2D eigenvalue weighted by Gasteiger charge is 2.28. The van der Waals surface area contributed by atoms with E-state index in [1.807, 2.05) is 11.8 Å². The summed E-state index contributed by atoms with van der Waals surface area (Å²) >= 11 is 0. The Labute approximate surface area is 172 Å². The lowest BCUT2D eigenvalue weighted by Gasteiger charge is -2.40. The molecule has 1 aromatic rings. The standard InChI is InChI=1S/C21H33N5O3/c1-2-17(15-29-21(22)28)24-19-7-6-16(14-23-19)20(27)26-12-8-18(9-13-26)25-10-4-3-5-11-25/h6-7,14,17-18H,2-5,8-13,15H2,1H3,(H2,22,28)(H,23,24). The minimum Gasteiger partial charge on any atom is -0.448 e. The molecule has 160 valence electrons. The van der Waals surface area contributed by atoms with Crippen molar-refractivity contribution in [1.82, 2.24) is 14.8 Å². The molecule has 2 saturated heterocycles. The van der Waals surface area contributed by atoms with Gasteiger partial charge < -0.3 is 25.6 Å². The molecule has 3 rings (SSSR count). The van der Waals surface area contributed by atoms with Gasteiger partial charge in [0.15, 0.2) is 0 Å². The largest absolute Gasteiger partial charge is 0.448 e. The highest BCUT2D eigenvalue weighted by atomic mass is 16.5. The molecule has 0 saturated carbocycles. The van der Waals surface area contributed by atoms with Crippen LogP contribution in [0.4, 0.5) is 10.6 Å². The average molecular weight is 404 g/mol. The smallest absolute Gasteiger partial charge is 0.404 e. The molecule has 8 nitrogen and oxygen atoms in total. The molecule has 3 heterocycles. The summed E-state index contributed by atoms with van der Waals surface area (Å²) in [5.74, 6) is 0.690. The van der Waals surface area contributed by atoms with Crippen LogP contribution in [-0.2, 0) is 4.74 Å². The Kier molecular flexibility index (Phi) is 7.69. The zero-order valence-corrected chi connectivity index (χ0v) is 17.3. The fourth-order valence-corrected chi connectivity index (χ4v) is 4.16. The molecule has 29 heavy (non-hydrogen) atoms. The summed E-state index contributed by atoms with van der Waals surface area (Å²) in [4.78, 5) is 32.5. The van der Waals surface area contributed by atoms with Crippen LogP contribution >= 0.6 is 0 Å². The minimum absolute atomic E-state index is 0.0465. The summed E-state index contributed by atoms with van der Waals surface area (Å²) in [6.45, 7) is 6.19. The molecule has 2 aliphatic rings. The van der Waals surface area contributed by atoms with E-state index >= 15 is 0 Å². The van der Waals surface area contributed by atoms with Gasteiger partial charge in [0.25, 0.3) is 5.91 Å². The molecule has 1 atom stereocenters. The number of pyridine rings is 1. The van der Waals surface area contributed by atoms with Gasteiger partial charge >= 0.3 is 6.09 Å². The highest BCUT2D eigenvalue weighted by molar-refractivity contribution is 5.94. The Balaban J connectivity index is 1.49. The number of hydrogen-bond acceptors (Lipinski definition) is 6. The number of ether oxygens (including phenoxy) is 1. The Bertz CT molecular complexity index is 667. The van der Waals surface area contributed by atoms with Crippen molar-refractivity contribution in [2.75, 3.05) is 38.1 Å². The van der Waals surface area contributed by atoms with Gasteiger partial charge in [-0.25, -0.2) is 9.78 Å². The summed E-state index contributed by atoms with van der Waals surface area (Å²) in [6.07, 6.45) is 7.64. The van der Waals surface area contributed by atoms with Gasteiger partial charge in [0, 0.05) is 25.3 Å². The molecular weight excluding hydrogens is 370 g/mol. The van der Waals surface area contributed by atoms with Crippen LogP contribution in [0.5, 0.6) is 0 Å². The van der Waals surface area contributed by atoms with Gasteiger partial charge in [-0.3, -0.25) is 4.79 Å². The number of carbonyl (C=O) groups excluding carboxylic acids is 2. The molecule has 2 fully saturated rings. The first-order valence-electron chi connectivity index (χ1n) is 10.7. The molecule has 8 heteroatoms. The maximum atomic E-state index is 12.8. The van der Waals surface area contributed by atoms with Crippen molar-refractivity contribution in [3.8, 4) is 0 Å². The quantitative estimate of drug-likeness (QED) is 0.725. The minimum atomic E-state index is -0.789. The van der Waals surface area contributed by atoms with Gasteiger partial charge in [-0.1, -0.05) is 13.3 Å². The molecular formula is C21H33N5O3. The predicted octanol–water partition coefficient (Wildman–Crippen LogP) is 2.46. The van der Waals surface area contributed by atoms with Crippen LogP contribution in [0.2, 0.25) is 0 Å². The first-order chi connectivity index (χ1) is 14.1. The fourth-order valence-electron chi connectivity index (χ4n) is 4.16. The second-order valence-electron chi connectivity index (χ2n) is 7.93. The second kappa shape index (κ2) is 10.4. The molecule has 0 aromatic carbocycles. The van der Waals surface area contributed by atoms with E-state index in [4.69, 9.17) is 10.5 Å². The van der Waals surface area contributed by atoms with E-state index in [1.165, 1.54) is 32.4 Å². The molecule has 0 bridgehead atoms. The first-order valence-corrected chi connectivity index (χ1v) is 10.7. The van der Waals surface area contributed by atoms with Crippen molar-refractivity contribution >= 4 is 17.8 Å². The molecule has 3 N–H and O–H groups in total. The number of anilines is 1. The van der Waals surface area contributed by atoms with Gasteiger partial charge in [0.2, 0.25) is 0 Å². The number of hydrogen-bond donors (Lipinski definition) is 2. The molecule has 1 aromatic heterocycles. The summed E-state index contributed by atoms with van der Waals surface area (Å²) in [5, 5.41) is 3.20. The fraction of sp³-hybridized carbons (Fsp3) is 0.667. The van der Waals surface area contributed by atoms with Crippen LogP contribution in [0, 0.1) is 0 Å². The number of nitrogens with zero attached hydrogens (tertiary/aromatic N) is 3. The Morgan fingerprint density at radius 3 is 2.52 bits per heavy atom. The number of primary amides is 1. The Morgan fingerprint density at radius 2 is 1.93 bits per heavy atom. The van der Waals surface area contributed by atoms with Crippen LogP contribution in [-0.4, -0.2) is 71.7 Å². The van der Waals surface area contributed by atoms with Crippen molar-refractivity contribution in [3.63, 3.8) is 0 Å². The third-order valence-electron chi connectivity index (χ3n) is 5.94. The zero-order valence-electron chi connectivity index (χ0n) is 17.3. The Hall–Kier alpha value is -2.35. The van der Waals surface area contributed by atoms with Crippen LogP contribution in [0.25, 0.3) is 0 Å². The normalized spacial score (nSPS) is 19.6. The van der Waals surface area contributed by atoms with Gasteiger partial charge in [-0.05, 0) is 57.3 Å². The number of aromatic nitrogens is 1. The van der Waals surface area contributed by atoms with E-state index in [-0.39, 0.29) is 18.6 Å². The van der Waals surface area contributed by atoms with E-state index < -0.39 is 6.09 Å². The highest BCUT2D eigenvalue weighted by Crippen LogP contribution is 2.22. The maximum absolute atomic E-state index is 12.8. The summed E-state index contributed by atoms with van der Waals surface area (Å²) in [7, 11) is 0. The van der Waals surface area contributed by atoms with Gasteiger partial charge in [0.05, 0.1) is 11.6 Å². The van der Waals surface area contributed by atoms with Crippen molar-refractivity contribution in [2.24, 2.45) is 5.73 Å². The van der Waals surface area contributed by atoms with Crippen LogP contribution in [0.3, 0.4) is 0 Å². The lowest BCUT2D eigenvalue weighted by atomic mass is 9.99. The molecule has 2 aliphatic heterocycles. The third-order valence-corrected chi connectivity index (χ3v) is 5.94.